The predicted molar refractivity (Wildman–Crippen MR) is 115 cm³/mol. The number of aryl methyl sites for hydroxylation is 1. The molecule has 0 atom stereocenters. The fourth-order valence-corrected chi connectivity index (χ4v) is 5.05. The Kier molecular flexibility index (Phi) is 4.26. The third-order valence-electron chi connectivity index (χ3n) is 4.52. The molecule has 28 heavy (non-hydrogen) atoms. The van der Waals surface area contributed by atoms with Crippen molar-refractivity contribution in [3.63, 3.8) is 0 Å². The summed E-state index contributed by atoms with van der Waals surface area (Å²) in [4.78, 5) is 22.6. The zero-order chi connectivity index (χ0) is 19.1. The number of thiazole rings is 1. The summed E-state index contributed by atoms with van der Waals surface area (Å²) in [6, 6.07) is 19.9. The molecule has 7 heteroatoms. The van der Waals surface area contributed by atoms with Crippen molar-refractivity contribution in [2.75, 3.05) is 0 Å². The first-order valence-corrected chi connectivity index (χ1v) is 10.7. The highest BCUT2D eigenvalue weighted by Gasteiger charge is 2.14. The summed E-state index contributed by atoms with van der Waals surface area (Å²) in [5, 5.41) is 2.84. The van der Waals surface area contributed by atoms with Crippen molar-refractivity contribution in [1.82, 2.24) is 18.9 Å². The van der Waals surface area contributed by atoms with Gasteiger partial charge >= 0.3 is 0 Å². The summed E-state index contributed by atoms with van der Waals surface area (Å²) in [6.45, 7) is 1.92. The highest BCUT2D eigenvalue weighted by atomic mass is 32.2. The maximum absolute atomic E-state index is 12.4. The van der Waals surface area contributed by atoms with E-state index in [0.29, 0.717) is 5.75 Å². The molecular weight excluding hydrogens is 388 g/mol. The van der Waals surface area contributed by atoms with Gasteiger partial charge in [0, 0.05) is 28.6 Å². The van der Waals surface area contributed by atoms with Crippen LogP contribution in [-0.4, -0.2) is 18.9 Å². The Morgan fingerprint density at radius 3 is 2.68 bits per heavy atom. The lowest BCUT2D eigenvalue weighted by Gasteiger charge is -2.08. The molecule has 0 unspecified atom stereocenters. The number of benzene rings is 2. The lowest BCUT2D eigenvalue weighted by Crippen LogP contribution is -2.14. The second-order valence-corrected chi connectivity index (χ2v) is 8.20. The molecule has 0 aliphatic rings. The number of imidazole rings is 1. The molecule has 5 aromatic rings. The van der Waals surface area contributed by atoms with Crippen LogP contribution in [0.25, 0.3) is 21.7 Å². The van der Waals surface area contributed by atoms with Gasteiger partial charge in [0.15, 0.2) is 10.1 Å². The number of hydrogen-bond donors (Lipinski definition) is 0. The van der Waals surface area contributed by atoms with E-state index in [1.165, 1.54) is 11.3 Å². The van der Waals surface area contributed by atoms with Crippen molar-refractivity contribution in [2.24, 2.45) is 0 Å². The Balaban J connectivity index is 1.55. The van der Waals surface area contributed by atoms with Crippen LogP contribution >= 0.6 is 23.1 Å². The molecular formula is C21H16N4OS2. The molecule has 0 amide bonds. The highest BCUT2D eigenvalue weighted by molar-refractivity contribution is 7.98. The molecule has 0 saturated heterocycles. The molecule has 3 heterocycles. The van der Waals surface area contributed by atoms with E-state index in [1.807, 2.05) is 48.7 Å². The first kappa shape index (κ1) is 17.2. The maximum Gasteiger partial charge on any atom is 0.258 e. The monoisotopic (exact) mass is 404 g/mol. The van der Waals surface area contributed by atoms with Gasteiger partial charge in [0.05, 0.1) is 16.7 Å². The van der Waals surface area contributed by atoms with E-state index in [9.17, 15) is 4.79 Å². The van der Waals surface area contributed by atoms with E-state index in [-0.39, 0.29) is 5.56 Å². The Morgan fingerprint density at radius 2 is 1.82 bits per heavy atom. The minimum Gasteiger partial charge on any atom is -0.287 e. The number of para-hydroxylation sites is 3. The van der Waals surface area contributed by atoms with Crippen molar-refractivity contribution < 1.29 is 0 Å². The van der Waals surface area contributed by atoms with Crippen LogP contribution in [0.4, 0.5) is 0 Å². The number of aromatic nitrogens is 4. The SMILES string of the molecule is Cc1csc2nc(CSc3nc4ccccc4n3-c3ccccc3)cc(=O)n12. The van der Waals surface area contributed by atoms with Gasteiger partial charge in [-0.2, -0.15) is 0 Å². The van der Waals surface area contributed by atoms with E-state index < -0.39 is 0 Å². The standard InChI is InChI=1S/C21H16N4OS2/c1-14-12-27-20-22-15(11-19(26)24(14)20)13-28-21-23-17-9-5-6-10-18(17)25(21)16-7-3-2-4-8-16/h2-12H,13H2,1H3. The Bertz CT molecular complexity index is 1350. The van der Waals surface area contributed by atoms with Gasteiger partial charge in [-0.25, -0.2) is 9.97 Å². The number of thioether (sulfide) groups is 1. The lowest BCUT2D eigenvalue weighted by atomic mass is 10.3. The molecule has 0 spiro atoms. The van der Waals surface area contributed by atoms with Crippen molar-refractivity contribution in [2.45, 2.75) is 17.8 Å². The van der Waals surface area contributed by atoms with Crippen LogP contribution in [-0.2, 0) is 5.75 Å². The summed E-state index contributed by atoms with van der Waals surface area (Å²) in [7, 11) is 0. The van der Waals surface area contributed by atoms with Crippen LogP contribution in [0.3, 0.4) is 0 Å². The third kappa shape index (κ3) is 2.93. The van der Waals surface area contributed by atoms with Gasteiger partial charge in [0.25, 0.3) is 5.56 Å². The molecule has 0 N–H and O–H groups in total. The minimum atomic E-state index is -0.0316. The van der Waals surface area contributed by atoms with Crippen molar-refractivity contribution in [3.05, 3.63) is 87.8 Å². The molecule has 0 radical (unpaired) electrons. The maximum atomic E-state index is 12.4. The molecule has 0 fully saturated rings. The Labute approximate surface area is 169 Å². The van der Waals surface area contributed by atoms with Crippen molar-refractivity contribution >= 4 is 39.1 Å². The van der Waals surface area contributed by atoms with E-state index in [4.69, 9.17) is 4.98 Å². The molecule has 5 rings (SSSR count). The summed E-state index contributed by atoms with van der Waals surface area (Å²) < 4.78 is 3.80. The molecule has 138 valence electrons. The fourth-order valence-electron chi connectivity index (χ4n) is 3.24. The van der Waals surface area contributed by atoms with Gasteiger partial charge in [-0.1, -0.05) is 42.1 Å². The lowest BCUT2D eigenvalue weighted by molar-refractivity contribution is 0.917. The second-order valence-electron chi connectivity index (χ2n) is 6.42. The van der Waals surface area contributed by atoms with Crippen LogP contribution in [0.15, 0.2) is 76.0 Å². The second kappa shape index (κ2) is 6.92. The zero-order valence-electron chi connectivity index (χ0n) is 15.1. The fraction of sp³-hybridized carbons (Fsp3) is 0.0952. The first-order chi connectivity index (χ1) is 13.7. The van der Waals surface area contributed by atoms with Gasteiger partial charge in [0.1, 0.15) is 0 Å². The van der Waals surface area contributed by atoms with Crippen LogP contribution < -0.4 is 5.56 Å². The average molecular weight is 405 g/mol. The minimum absolute atomic E-state index is 0.0316. The van der Waals surface area contributed by atoms with E-state index >= 15 is 0 Å². The average Bonchev–Trinajstić information content (AvgIpc) is 3.27. The largest absolute Gasteiger partial charge is 0.287 e. The van der Waals surface area contributed by atoms with E-state index in [2.05, 4.69) is 27.8 Å². The molecule has 2 aromatic carbocycles. The van der Waals surface area contributed by atoms with Crippen molar-refractivity contribution in [3.8, 4) is 5.69 Å². The third-order valence-corrected chi connectivity index (χ3v) is 6.44. The normalized spacial score (nSPS) is 11.5. The van der Waals surface area contributed by atoms with Gasteiger partial charge in [-0.15, -0.1) is 11.3 Å². The Hall–Kier alpha value is -2.90. The summed E-state index contributed by atoms with van der Waals surface area (Å²) in [5.41, 5.74) is 4.73. The van der Waals surface area contributed by atoms with E-state index in [0.717, 1.165) is 38.2 Å². The first-order valence-electron chi connectivity index (χ1n) is 8.83. The predicted octanol–water partition coefficient (Wildman–Crippen LogP) is 4.70. The van der Waals surface area contributed by atoms with Gasteiger partial charge in [0.2, 0.25) is 0 Å². The summed E-state index contributed by atoms with van der Waals surface area (Å²) in [5.74, 6) is 0.582. The number of rotatable bonds is 4. The van der Waals surface area contributed by atoms with Crippen LogP contribution in [0.2, 0.25) is 0 Å². The molecule has 0 aliphatic carbocycles. The summed E-state index contributed by atoms with van der Waals surface area (Å²) >= 11 is 3.08. The summed E-state index contributed by atoms with van der Waals surface area (Å²) in [6.07, 6.45) is 0. The van der Waals surface area contributed by atoms with Gasteiger partial charge in [-0.05, 0) is 31.2 Å². The zero-order valence-corrected chi connectivity index (χ0v) is 16.7. The highest BCUT2D eigenvalue weighted by Crippen LogP contribution is 2.29. The van der Waals surface area contributed by atoms with Crippen LogP contribution in [0.1, 0.15) is 11.4 Å². The molecule has 0 aliphatic heterocycles. The van der Waals surface area contributed by atoms with E-state index in [1.54, 1.807) is 22.2 Å². The van der Waals surface area contributed by atoms with Crippen LogP contribution in [0, 0.1) is 6.92 Å². The number of nitrogens with zero attached hydrogens (tertiary/aromatic N) is 4. The van der Waals surface area contributed by atoms with Crippen LogP contribution in [0.5, 0.6) is 0 Å². The number of fused-ring (bicyclic) bond motifs is 2. The Morgan fingerprint density at radius 1 is 1.04 bits per heavy atom. The topological polar surface area (TPSA) is 52.2 Å². The molecule has 0 bridgehead atoms. The smallest absolute Gasteiger partial charge is 0.258 e. The molecule has 5 nitrogen and oxygen atoms in total. The molecule has 0 saturated carbocycles. The quantitative estimate of drug-likeness (QED) is 0.408. The number of hydrogen-bond acceptors (Lipinski definition) is 5. The van der Waals surface area contributed by atoms with Gasteiger partial charge < -0.3 is 0 Å². The molecule has 3 aromatic heterocycles. The van der Waals surface area contributed by atoms with Gasteiger partial charge in [-0.3, -0.25) is 13.8 Å². The van der Waals surface area contributed by atoms with Crippen molar-refractivity contribution in [1.29, 1.82) is 0 Å².